The van der Waals surface area contributed by atoms with Gasteiger partial charge in [-0.2, -0.15) is 0 Å². The van der Waals surface area contributed by atoms with Crippen molar-refractivity contribution in [3.8, 4) is 0 Å². The van der Waals surface area contributed by atoms with Gasteiger partial charge in [-0.25, -0.2) is 9.78 Å². The molecule has 0 bridgehead atoms. The van der Waals surface area contributed by atoms with Crippen LogP contribution < -0.4 is 5.56 Å². The quantitative estimate of drug-likeness (QED) is 0.714. The van der Waals surface area contributed by atoms with Gasteiger partial charge >= 0.3 is 5.97 Å². The van der Waals surface area contributed by atoms with Gasteiger partial charge in [-0.3, -0.25) is 14.2 Å². The Morgan fingerprint density at radius 3 is 2.79 bits per heavy atom. The number of ether oxygens (including phenoxy) is 1. The van der Waals surface area contributed by atoms with Gasteiger partial charge in [-0.15, -0.1) is 11.3 Å². The highest BCUT2D eigenvalue weighted by molar-refractivity contribution is 7.20. The minimum atomic E-state index is -0.438. The molecule has 156 valence electrons. The van der Waals surface area contributed by atoms with Gasteiger partial charge in [-0.05, 0) is 51.0 Å². The summed E-state index contributed by atoms with van der Waals surface area (Å²) in [6.45, 7) is 4.52. The maximum absolute atomic E-state index is 13.1. The Kier molecular flexibility index (Phi) is 5.72. The number of fused-ring (bicyclic) bond motifs is 2. The molecule has 2 aromatic rings. The van der Waals surface area contributed by atoms with Gasteiger partial charge in [0.25, 0.3) is 5.56 Å². The Hall–Kier alpha value is -2.22. The van der Waals surface area contributed by atoms with E-state index >= 15 is 0 Å². The summed E-state index contributed by atoms with van der Waals surface area (Å²) in [4.78, 5) is 45.5. The van der Waals surface area contributed by atoms with E-state index in [0.717, 1.165) is 30.7 Å². The minimum Gasteiger partial charge on any atom is -0.462 e. The van der Waals surface area contributed by atoms with E-state index in [2.05, 4.69) is 4.98 Å². The number of hydrogen-bond acceptors (Lipinski definition) is 6. The van der Waals surface area contributed by atoms with Crippen LogP contribution in [0.4, 0.5) is 0 Å². The summed E-state index contributed by atoms with van der Waals surface area (Å²) in [6, 6.07) is 0.315. The number of carbonyl (C=O) groups excluding carboxylic acids is 2. The number of likely N-dealkylation sites (tertiary alicyclic amines) is 1. The molecule has 1 amide bonds. The third kappa shape index (κ3) is 3.70. The lowest BCUT2D eigenvalue weighted by Gasteiger charge is -2.44. The molecule has 2 aromatic heterocycles. The predicted octanol–water partition coefficient (Wildman–Crippen LogP) is 3.12. The number of hydrogen-bond donors (Lipinski definition) is 0. The average Bonchev–Trinajstić information content (AvgIpc) is 3.07. The molecule has 2 atom stereocenters. The minimum absolute atomic E-state index is 0.00494. The number of aryl methyl sites for hydroxylation is 1. The third-order valence-electron chi connectivity index (χ3n) is 6.25. The number of thiophene rings is 1. The first-order chi connectivity index (χ1) is 14.0. The summed E-state index contributed by atoms with van der Waals surface area (Å²) < 4.78 is 6.46. The summed E-state index contributed by atoms with van der Waals surface area (Å²) in [5, 5.41) is 0.405. The molecule has 29 heavy (non-hydrogen) atoms. The molecule has 4 rings (SSSR count). The van der Waals surface area contributed by atoms with Crippen LogP contribution in [0.15, 0.2) is 11.1 Å². The van der Waals surface area contributed by atoms with Crippen molar-refractivity contribution in [3.05, 3.63) is 27.1 Å². The van der Waals surface area contributed by atoms with E-state index in [1.54, 1.807) is 13.8 Å². The fraction of sp³-hybridized carbons (Fsp3) is 0.619. The number of aromatic nitrogens is 2. The van der Waals surface area contributed by atoms with E-state index in [0.29, 0.717) is 32.6 Å². The Labute approximate surface area is 173 Å². The van der Waals surface area contributed by atoms with E-state index in [1.165, 1.54) is 36.6 Å². The zero-order valence-corrected chi connectivity index (χ0v) is 17.8. The molecule has 0 radical (unpaired) electrons. The van der Waals surface area contributed by atoms with E-state index < -0.39 is 5.97 Å². The summed E-state index contributed by atoms with van der Waals surface area (Å²) >= 11 is 1.16. The van der Waals surface area contributed by atoms with Crippen LogP contribution in [0, 0.1) is 12.8 Å². The van der Waals surface area contributed by atoms with Crippen molar-refractivity contribution in [2.45, 2.75) is 65.0 Å². The van der Waals surface area contributed by atoms with Crippen molar-refractivity contribution in [1.29, 1.82) is 0 Å². The summed E-state index contributed by atoms with van der Waals surface area (Å²) in [7, 11) is 0. The lowest BCUT2D eigenvalue weighted by atomic mass is 9.78. The second kappa shape index (κ2) is 8.26. The summed E-state index contributed by atoms with van der Waals surface area (Å²) in [6.07, 6.45) is 8.35. The molecule has 0 N–H and O–H groups in total. The van der Waals surface area contributed by atoms with Gasteiger partial charge in [0.2, 0.25) is 5.91 Å². The molecule has 3 heterocycles. The van der Waals surface area contributed by atoms with E-state index in [1.807, 2.05) is 4.90 Å². The van der Waals surface area contributed by atoms with Gasteiger partial charge in [0.05, 0.1) is 18.3 Å². The third-order valence-corrected chi connectivity index (χ3v) is 7.43. The molecule has 1 saturated carbocycles. The number of carbonyl (C=O) groups is 2. The Bertz CT molecular complexity index is 994. The standard InChI is InChI=1S/C21H27N3O4S/c1-3-28-21(27)18-13(2)17-19(29-18)22-12-23(20(17)26)11-16(25)24-10-6-8-14-7-4-5-9-15(14)24/h12,14-15H,3-11H2,1-2H3. The number of nitrogens with zero attached hydrogens (tertiary/aromatic N) is 3. The molecule has 1 aliphatic heterocycles. The van der Waals surface area contributed by atoms with Crippen molar-refractivity contribution >= 4 is 33.4 Å². The molecule has 2 aliphatic rings. The zero-order chi connectivity index (χ0) is 20.5. The largest absolute Gasteiger partial charge is 0.462 e. The second-order valence-corrected chi connectivity index (χ2v) is 8.97. The van der Waals surface area contributed by atoms with Crippen LogP contribution in [0.5, 0.6) is 0 Å². The highest BCUT2D eigenvalue weighted by atomic mass is 32.1. The molecule has 1 saturated heterocycles. The first-order valence-corrected chi connectivity index (χ1v) is 11.3. The molecular weight excluding hydrogens is 390 g/mol. The molecule has 2 fully saturated rings. The van der Waals surface area contributed by atoms with Crippen LogP contribution in [-0.4, -0.2) is 45.5 Å². The van der Waals surface area contributed by atoms with Crippen molar-refractivity contribution < 1.29 is 14.3 Å². The highest BCUT2D eigenvalue weighted by Crippen LogP contribution is 2.35. The van der Waals surface area contributed by atoms with Gasteiger partial charge in [0.1, 0.15) is 16.3 Å². The lowest BCUT2D eigenvalue weighted by molar-refractivity contribution is -0.138. The maximum atomic E-state index is 13.1. The first kappa shape index (κ1) is 20.1. The molecule has 8 heteroatoms. The zero-order valence-electron chi connectivity index (χ0n) is 17.0. The highest BCUT2D eigenvalue weighted by Gasteiger charge is 2.35. The van der Waals surface area contributed by atoms with E-state index in [4.69, 9.17) is 4.74 Å². The first-order valence-electron chi connectivity index (χ1n) is 10.5. The Morgan fingerprint density at radius 2 is 2.00 bits per heavy atom. The molecule has 0 spiro atoms. The number of rotatable bonds is 4. The van der Waals surface area contributed by atoms with Crippen LogP contribution in [-0.2, 0) is 16.1 Å². The van der Waals surface area contributed by atoms with E-state index in [9.17, 15) is 14.4 Å². The van der Waals surface area contributed by atoms with Gasteiger partial charge in [0, 0.05) is 12.6 Å². The van der Waals surface area contributed by atoms with Crippen LogP contribution in [0.1, 0.15) is 60.7 Å². The van der Waals surface area contributed by atoms with Crippen molar-refractivity contribution in [2.75, 3.05) is 13.2 Å². The van der Waals surface area contributed by atoms with Gasteiger partial charge in [0.15, 0.2) is 0 Å². The number of amides is 1. The number of piperidine rings is 1. The number of esters is 1. The normalized spacial score (nSPS) is 21.8. The predicted molar refractivity (Wildman–Crippen MR) is 111 cm³/mol. The second-order valence-electron chi connectivity index (χ2n) is 7.98. The molecule has 2 unspecified atom stereocenters. The summed E-state index contributed by atoms with van der Waals surface area (Å²) in [5.74, 6) is 0.153. The van der Waals surface area contributed by atoms with Crippen molar-refractivity contribution in [1.82, 2.24) is 14.5 Å². The Balaban J connectivity index is 1.60. The Morgan fingerprint density at radius 1 is 1.24 bits per heavy atom. The van der Waals surface area contributed by atoms with Crippen molar-refractivity contribution in [2.24, 2.45) is 5.92 Å². The molecule has 1 aliphatic carbocycles. The monoisotopic (exact) mass is 417 g/mol. The van der Waals surface area contributed by atoms with E-state index in [-0.39, 0.29) is 24.6 Å². The fourth-order valence-corrected chi connectivity index (χ4v) is 5.87. The maximum Gasteiger partial charge on any atom is 0.348 e. The fourth-order valence-electron chi connectivity index (χ4n) is 4.83. The molecule has 7 nitrogen and oxygen atoms in total. The van der Waals surface area contributed by atoms with Crippen LogP contribution in [0.2, 0.25) is 0 Å². The summed E-state index contributed by atoms with van der Waals surface area (Å²) in [5.41, 5.74) is 0.304. The molecular formula is C21H27N3O4S. The van der Waals surface area contributed by atoms with Gasteiger partial charge < -0.3 is 9.64 Å². The smallest absolute Gasteiger partial charge is 0.348 e. The lowest BCUT2D eigenvalue weighted by Crippen LogP contribution is -2.51. The van der Waals surface area contributed by atoms with Crippen LogP contribution >= 0.6 is 11.3 Å². The van der Waals surface area contributed by atoms with Gasteiger partial charge in [-0.1, -0.05) is 12.8 Å². The average molecular weight is 418 g/mol. The van der Waals surface area contributed by atoms with Crippen molar-refractivity contribution in [3.63, 3.8) is 0 Å². The van der Waals surface area contributed by atoms with Crippen LogP contribution in [0.3, 0.4) is 0 Å². The molecule has 0 aromatic carbocycles. The topological polar surface area (TPSA) is 81.5 Å². The SMILES string of the molecule is CCOC(=O)c1sc2ncn(CC(=O)N3CCCC4CCCCC43)c(=O)c2c1C. The van der Waals surface area contributed by atoms with Crippen LogP contribution in [0.25, 0.3) is 10.2 Å².